The second kappa shape index (κ2) is 11.1. The second-order valence-corrected chi connectivity index (χ2v) is 9.17. The van der Waals surface area contributed by atoms with Gasteiger partial charge in [-0.25, -0.2) is 18.4 Å². The summed E-state index contributed by atoms with van der Waals surface area (Å²) in [7, 11) is 1.57. The third-order valence-corrected chi connectivity index (χ3v) is 6.67. The molecule has 2 aromatic rings. The number of esters is 1. The van der Waals surface area contributed by atoms with Crippen LogP contribution in [0.25, 0.3) is 0 Å². The zero-order valence-electron chi connectivity index (χ0n) is 21.0. The molecule has 37 heavy (non-hydrogen) atoms. The lowest BCUT2D eigenvalue weighted by Gasteiger charge is -2.42. The predicted octanol–water partition coefficient (Wildman–Crippen LogP) is 3.32. The molecule has 8 nitrogen and oxygen atoms in total. The minimum atomic E-state index is -0.873. The van der Waals surface area contributed by atoms with Crippen LogP contribution in [0.4, 0.5) is 13.6 Å². The molecule has 4 rings (SSSR count). The average molecular weight is 513 g/mol. The molecule has 0 saturated carbocycles. The number of hydrogen-bond acceptors (Lipinski definition) is 5. The van der Waals surface area contributed by atoms with E-state index in [1.54, 1.807) is 31.0 Å². The van der Waals surface area contributed by atoms with Crippen molar-refractivity contribution in [1.82, 2.24) is 20.0 Å². The van der Waals surface area contributed by atoms with Gasteiger partial charge in [-0.3, -0.25) is 14.6 Å². The Morgan fingerprint density at radius 1 is 1.08 bits per heavy atom. The molecule has 1 saturated heterocycles. The van der Waals surface area contributed by atoms with E-state index in [2.05, 4.69) is 5.32 Å². The first-order chi connectivity index (χ1) is 17.7. The Morgan fingerprint density at radius 2 is 1.78 bits per heavy atom. The van der Waals surface area contributed by atoms with Crippen LogP contribution in [0.2, 0.25) is 0 Å². The lowest BCUT2D eigenvalue weighted by Crippen LogP contribution is -2.56. The molecular formula is C27H30F2N4O4. The highest BCUT2D eigenvalue weighted by Crippen LogP contribution is 2.32. The van der Waals surface area contributed by atoms with E-state index in [-0.39, 0.29) is 36.2 Å². The molecule has 1 fully saturated rings. The van der Waals surface area contributed by atoms with Crippen molar-refractivity contribution in [2.75, 3.05) is 39.8 Å². The number of ether oxygens (including phenoxy) is 1. The largest absolute Gasteiger partial charge is 0.463 e. The number of urea groups is 1. The summed E-state index contributed by atoms with van der Waals surface area (Å²) in [5, 5.41) is 2.78. The molecule has 2 atom stereocenters. The van der Waals surface area contributed by atoms with Crippen molar-refractivity contribution < 1.29 is 27.9 Å². The van der Waals surface area contributed by atoms with Gasteiger partial charge < -0.3 is 15.0 Å². The SMILES string of the molecule is CCOC(=O)C1=C(CN2CCN(C(=O)c3cccc(F)c3)[C@H](C)C2)N(C)C(=O)N[C@@H]1c1cccc(F)c1. The smallest absolute Gasteiger partial charge is 0.338 e. The average Bonchev–Trinajstić information content (AvgIpc) is 2.86. The van der Waals surface area contributed by atoms with Gasteiger partial charge in [-0.1, -0.05) is 18.2 Å². The normalized spacial score (nSPS) is 20.6. The Hall–Kier alpha value is -3.79. The molecule has 2 aliphatic heterocycles. The molecule has 3 amide bonds. The summed E-state index contributed by atoms with van der Waals surface area (Å²) in [6.45, 7) is 5.32. The van der Waals surface area contributed by atoms with Gasteiger partial charge in [0.15, 0.2) is 0 Å². The fraction of sp³-hybridized carbons (Fsp3) is 0.370. The van der Waals surface area contributed by atoms with Crippen molar-refractivity contribution in [2.45, 2.75) is 25.9 Å². The van der Waals surface area contributed by atoms with Gasteiger partial charge in [-0.2, -0.15) is 0 Å². The third kappa shape index (κ3) is 5.64. The molecule has 2 aromatic carbocycles. The van der Waals surface area contributed by atoms with Crippen LogP contribution in [0, 0.1) is 11.6 Å². The van der Waals surface area contributed by atoms with Crippen molar-refractivity contribution in [3.63, 3.8) is 0 Å². The molecule has 0 unspecified atom stereocenters. The van der Waals surface area contributed by atoms with Gasteiger partial charge in [0.05, 0.1) is 18.2 Å². The van der Waals surface area contributed by atoms with E-state index in [4.69, 9.17) is 4.74 Å². The molecule has 0 bridgehead atoms. The van der Waals surface area contributed by atoms with E-state index in [1.807, 2.05) is 11.8 Å². The van der Waals surface area contributed by atoms with E-state index < -0.39 is 29.7 Å². The summed E-state index contributed by atoms with van der Waals surface area (Å²) in [6.07, 6.45) is 0. The number of amides is 3. The van der Waals surface area contributed by atoms with Crippen LogP contribution in [0.1, 0.15) is 35.8 Å². The molecular weight excluding hydrogens is 482 g/mol. The highest BCUT2D eigenvalue weighted by molar-refractivity contribution is 5.95. The third-order valence-electron chi connectivity index (χ3n) is 6.67. The van der Waals surface area contributed by atoms with Gasteiger partial charge in [0, 0.05) is 50.5 Å². The van der Waals surface area contributed by atoms with Crippen molar-refractivity contribution in [3.8, 4) is 0 Å². The topological polar surface area (TPSA) is 82.2 Å². The van der Waals surface area contributed by atoms with Crippen molar-refractivity contribution in [1.29, 1.82) is 0 Å². The molecule has 10 heteroatoms. The van der Waals surface area contributed by atoms with Crippen LogP contribution in [0.15, 0.2) is 59.8 Å². The van der Waals surface area contributed by atoms with Crippen LogP contribution in [0.5, 0.6) is 0 Å². The monoisotopic (exact) mass is 512 g/mol. The Kier molecular flexibility index (Phi) is 7.87. The fourth-order valence-corrected chi connectivity index (χ4v) is 4.81. The number of likely N-dealkylation sites (N-methyl/N-ethyl adjacent to an activating group) is 1. The van der Waals surface area contributed by atoms with E-state index in [0.717, 1.165) is 0 Å². The number of benzene rings is 2. The summed E-state index contributed by atoms with van der Waals surface area (Å²) in [6, 6.07) is 9.86. The Balaban J connectivity index is 1.60. The number of nitrogens with zero attached hydrogens (tertiary/aromatic N) is 3. The molecule has 0 radical (unpaired) electrons. The van der Waals surface area contributed by atoms with E-state index in [0.29, 0.717) is 30.9 Å². The van der Waals surface area contributed by atoms with Gasteiger partial charge in [0.25, 0.3) is 5.91 Å². The van der Waals surface area contributed by atoms with Crippen molar-refractivity contribution in [2.24, 2.45) is 0 Å². The maximum absolute atomic E-state index is 14.0. The first-order valence-corrected chi connectivity index (χ1v) is 12.2. The second-order valence-electron chi connectivity index (χ2n) is 9.17. The number of carbonyl (C=O) groups excluding carboxylic acids is 3. The van der Waals surface area contributed by atoms with E-state index in [1.165, 1.54) is 41.3 Å². The Labute approximate surface area is 214 Å². The number of halogens is 2. The van der Waals surface area contributed by atoms with Gasteiger partial charge in [0.1, 0.15) is 11.6 Å². The van der Waals surface area contributed by atoms with E-state index >= 15 is 0 Å². The number of carbonyl (C=O) groups is 3. The maximum atomic E-state index is 14.0. The molecule has 0 spiro atoms. The summed E-state index contributed by atoms with van der Waals surface area (Å²) < 4.78 is 33.0. The summed E-state index contributed by atoms with van der Waals surface area (Å²) in [5.41, 5.74) is 1.41. The van der Waals surface area contributed by atoms with Crippen LogP contribution in [0.3, 0.4) is 0 Å². The quantitative estimate of drug-likeness (QED) is 0.601. The molecule has 2 heterocycles. The van der Waals surface area contributed by atoms with Gasteiger partial charge in [-0.05, 0) is 49.7 Å². The molecule has 1 N–H and O–H groups in total. The first-order valence-electron chi connectivity index (χ1n) is 12.2. The Bertz CT molecular complexity index is 1230. The first kappa shape index (κ1) is 26.3. The van der Waals surface area contributed by atoms with Crippen molar-refractivity contribution >= 4 is 17.9 Å². The number of piperazine rings is 1. The van der Waals surface area contributed by atoms with Crippen LogP contribution < -0.4 is 5.32 Å². The highest BCUT2D eigenvalue weighted by Gasteiger charge is 2.38. The zero-order valence-corrected chi connectivity index (χ0v) is 21.0. The van der Waals surface area contributed by atoms with Crippen LogP contribution >= 0.6 is 0 Å². The molecule has 0 aliphatic carbocycles. The minimum Gasteiger partial charge on any atom is -0.463 e. The standard InChI is InChI=1S/C27H30F2N4O4/c1-4-37-26(35)23-22(31(3)27(36)30-24(23)18-7-5-9-20(28)13-18)16-32-11-12-33(17(2)15-32)25(34)19-8-6-10-21(29)14-19/h5-10,13-14,17,24H,4,11-12,15-16H2,1-3H3,(H,30,36)/t17-,24-/m1/s1. The number of nitrogens with one attached hydrogen (secondary N) is 1. The summed E-state index contributed by atoms with van der Waals surface area (Å²) in [5.74, 6) is -1.80. The number of rotatable bonds is 6. The molecule has 0 aromatic heterocycles. The lowest BCUT2D eigenvalue weighted by molar-refractivity contribution is -0.139. The molecule has 2 aliphatic rings. The van der Waals surface area contributed by atoms with Gasteiger partial charge in [-0.15, -0.1) is 0 Å². The summed E-state index contributed by atoms with van der Waals surface area (Å²) >= 11 is 0. The highest BCUT2D eigenvalue weighted by atomic mass is 19.1. The van der Waals surface area contributed by atoms with Gasteiger partial charge >= 0.3 is 12.0 Å². The van der Waals surface area contributed by atoms with Gasteiger partial charge in [0.2, 0.25) is 0 Å². The number of hydrogen-bond donors (Lipinski definition) is 1. The lowest BCUT2D eigenvalue weighted by atomic mass is 9.94. The van der Waals surface area contributed by atoms with Crippen LogP contribution in [-0.4, -0.2) is 78.5 Å². The predicted molar refractivity (Wildman–Crippen MR) is 132 cm³/mol. The fourth-order valence-electron chi connectivity index (χ4n) is 4.81. The van der Waals surface area contributed by atoms with Crippen LogP contribution in [-0.2, 0) is 9.53 Å². The maximum Gasteiger partial charge on any atom is 0.338 e. The minimum absolute atomic E-state index is 0.140. The van der Waals surface area contributed by atoms with Crippen molar-refractivity contribution in [3.05, 3.63) is 82.6 Å². The van der Waals surface area contributed by atoms with E-state index in [9.17, 15) is 23.2 Å². The Morgan fingerprint density at radius 3 is 2.43 bits per heavy atom. The molecule has 196 valence electrons. The summed E-state index contributed by atoms with van der Waals surface area (Å²) in [4.78, 5) is 44.1. The zero-order chi connectivity index (χ0) is 26.7.